The van der Waals surface area contributed by atoms with Crippen LogP contribution in [0.25, 0.3) is 0 Å². The van der Waals surface area contributed by atoms with Crippen LogP contribution in [0.4, 0.5) is 0 Å². The van der Waals surface area contributed by atoms with Gasteiger partial charge < -0.3 is 10.2 Å². The number of nitrogens with one attached hydrogen (secondary N) is 1. The number of nitrogens with zero attached hydrogens (tertiary/aromatic N) is 3. The van der Waals surface area contributed by atoms with Crippen molar-refractivity contribution in [2.24, 2.45) is 5.92 Å². The summed E-state index contributed by atoms with van der Waals surface area (Å²) in [5, 5.41) is 3.44. The summed E-state index contributed by atoms with van der Waals surface area (Å²) in [6, 6.07) is 0.576. The molecule has 4 heteroatoms. The summed E-state index contributed by atoms with van der Waals surface area (Å²) in [7, 11) is 4.27. The first-order chi connectivity index (χ1) is 8.09. The SMILES string of the molecule is CC(C)CC(CNCc1cnccn1)N(C)C. The molecule has 1 unspecified atom stereocenters. The third-order valence-corrected chi connectivity index (χ3v) is 2.78. The first-order valence-electron chi connectivity index (χ1n) is 6.21. The topological polar surface area (TPSA) is 41.1 Å². The molecular weight excluding hydrogens is 212 g/mol. The maximum absolute atomic E-state index is 4.24. The van der Waals surface area contributed by atoms with E-state index < -0.39 is 0 Å². The van der Waals surface area contributed by atoms with Crippen LogP contribution in [0.1, 0.15) is 26.0 Å². The van der Waals surface area contributed by atoms with Crippen molar-refractivity contribution in [3.8, 4) is 0 Å². The molecule has 0 aliphatic rings. The number of aromatic nitrogens is 2. The summed E-state index contributed by atoms with van der Waals surface area (Å²) < 4.78 is 0. The minimum Gasteiger partial charge on any atom is -0.310 e. The Hall–Kier alpha value is -1.00. The zero-order valence-electron chi connectivity index (χ0n) is 11.3. The van der Waals surface area contributed by atoms with Gasteiger partial charge >= 0.3 is 0 Å². The van der Waals surface area contributed by atoms with Crippen LogP contribution in [0.2, 0.25) is 0 Å². The molecular formula is C13H24N4. The smallest absolute Gasteiger partial charge is 0.0724 e. The second-order valence-electron chi connectivity index (χ2n) is 5.07. The largest absolute Gasteiger partial charge is 0.310 e. The molecule has 1 aromatic rings. The average Bonchev–Trinajstić information content (AvgIpc) is 2.28. The van der Waals surface area contributed by atoms with Crippen LogP contribution in [0, 0.1) is 5.92 Å². The van der Waals surface area contributed by atoms with E-state index in [1.54, 1.807) is 18.6 Å². The molecule has 0 bridgehead atoms. The third kappa shape index (κ3) is 5.75. The highest BCUT2D eigenvalue weighted by Gasteiger charge is 2.12. The van der Waals surface area contributed by atoms with E-state index in [0.717, 1.165) is 24.7 Å². The Kier molecular flexibility index (Phi) is 6.08. The highest BCUT2D eigenvalue weighted by molar-refractivity contribution is 4.93. The van der Waals surface area contributed by atoms with Crippen molar-refractivity contribution in [2.45, 2.75) is 32.9 Å². The van der Waals surface area contributed by atoms with Gasteiger partial charge in [-0.15, -0.1) is 0 Å². The Morgan fingerprint density at radius 1 is 1.29 bits per heavy atom. The van der Waals surface area contributed by atoms with Gasteiger partial charge in [0.2, 0.25) is 0 Å². The van der Waals surface area contributed by atoms with E-state index in [1.165, 1.54) is 6.42 Å². The van der Waals surface area contributed by atoms with Crippen molar-refractivity contribution in [3.63, 3.8) is 0 Å². The van der Waals surface area contributed by atoms with E-state index in [0.29, 0.717) is 6.04 Å². The van der Waals surface area contributed by atoms with E-state index in [4.69, 9.17) is 0 Å². The summed E-state index contributed by atoms with van der Waals surface area (Å²) in [4.78, 5) is 10.6. The van der Waals surface area contributed by atoms with E-state index in [1.807, 2.05) is 0 Å². The van der Waals surface area contributed by atoms with Crippen LogP contribution < -0.4 is 5.32 Å². The molecule has 1 rings (SSSR count). The summed E-state index contributed by atoms with van der Waals surface area (Å²) >= 11 is 0. The molecule has 0 saturated heterocycles. The highest BCUT2D eigenvalue weighted by Crippen LogP contribution is 2.08. The van der Waals surface area contributed by atoms with Gasteiger partial charge in [-0.3, -0.25) is 9.97 Å². The van der Waals surface area contributed by atoms with Crippen molar-refractivity contribution >= 4 is 0 Å². The molecule has 1 N–H and O–H groups in total. The summed E-state index contributed by atoms with van der Waals surface area (Å²) in [5.41, 5.74) is 0.995. The normalized spacial score (nSPS) is 13.3. The Labute approximate surface area is 104 Å². The fourth-order valence-corrected chi connectivity index (χ4v) is 1.81. The molecule has 96 valence electrons. The Balaban J connectivity index is 2.32. The fourth-order valence-electron chi connectivity index (χ4n) is 1.81. The van der Waals surface area contributed by atoms with Gasteiger partial charge in [0.05, 0.1) is 5.69 Å². The Morgan fingerprint density at radius 3 is 2.59 bits per heavy atom. The lowest BCUT2D eigenvalue weighted by Crippen LogP contribution is -2.38. The second-order valence-corrected chi connectivity index (χ2v) is 5.07. The zero-order valence-corrected chi connectivity index (χ0v) is 11.3. The third-order valence-electron chi connectivity index (χ3n) is 2.78. The van der Waals surface area contributed by atoms with E-state index in [-0.39, 0.29) is 0 Å². The molecule has 1 aromatic heterocycles. The van der Waals surface area contributed by atoms with Crippen LogP contribution in [0.3, 0.4) is 0 Å². The summed E-state index contributed by atoms with van der Waals surface area (Å²) in [6.45, 7) is 6.30. The highest BCUT2D eigenvalue weighted by atomic mass is 15.1. The first kappa shape index (κ1) is 14.1. The molecule has 0 fully saturated rings. The minimum absolute atomic E-state index is 0.576. The van der Waals surface area contributed by atoms with Gasteiger partial charge in [0.15, 0.2) is 0 Å². The number of rotatable bonds is 7. The van der Waals surface area contributed by atoms with Gasteiger partial charge in [0, 0.05) is 37.7 Å². The van der Waals surface area contributed by atoms with Crippen molar-refractivity contribution in [1.29, 1.82) is 0 Å². The summed E-state index contributed by atoms with van der Waals surface area (Å²) in [5.74, 6) is 0.723. The van der Waals surface area contributed by atoms with Crippen molar-refractivity contribution in [2.75, 3.05) is 20.6 Å². The van der Waals surface area contributed by atoms with Gasteiger partial charge in [-0.05, 0) is 26.4 Å². The van der Waals surface area contributed by atoms with Gasteiger partial charge in [-0.1, -0.05) is 13.8 Å². The molecule has 0 aromatic carbocycles. The van der Waals surface area contributed by atoms with E-state index >= 15 is 0 Å². The van der Waals surface area contributed by atoms with Crippen LogP contribution >= 0.6 is 0 Å². The Bertz CT molecular complexity index is 298. The molecule has 17 heavy (non-hydrogen) atoms. The first-order valence-corrected chi connectivity index (χ1v) is 6.21. The molecule has 0 saturated carbocycles. The van der Waals surface area contributed by atoms with Crippen molar-refractivity contribution in [1.82, 2.24) is 20.2 Å². The van der Waals surface area contributed by atoms with Crippen molar-refractivity contribution in [3.05, 3.63) is 24.3 Å². The lowest BCUT2D eigenvalue weighted by molar-refractivity contribution is 0.246. The number of hydrogen-bond acceptors (Lipinski definition) is 4. The monoisotopic (exact) mass is 236 g/mol. The van der Waals surface area contributed by atoms with Crippen LogP contribution in [0.5, 0.6) is 0 Å². The second kappa shape index (κ2) is 7.35. The fraction of sp³-hybridized carbons (Fsp3) is 0.692. The van der Waals surface area contributed by atoms with Gasteiger partial charge in [-0.25, -0.2) is 0 Å². The van der Waals surface area contributed by atoms with Crippen LogP contribution in [-0.4, -0.2) is 41.5 Å². The number of likely N-dealkylation sites (N-methyl/N-ethyl adjacent to an activating group) is 1. The molecule has 1 atom stereocenters. The average molecular weight is 236 g/mol. The Morgan fingerprint density at radius 2 is 2.06 bits per heavy atom. The van der Waals surface area contributed by atoms with Gasteiger partial charge in [0.25, 0.3) is 0 Å². The van der Waals surface area contributed by atoms with E-state index in [2.05, 4.69) is 48.1 Å². The van der Waals surface area contributed by atoms with Crippen LogP contribution in [0.15, 0.2) is 18.6 Å². The zero-order chi connectivity index (χ0) is 12.7. The standard InChI is InChI=1S/C13H24N4/c1-11(2)7-13(17(3)4)10-15-9-12-8-14-5-6-16-12/h5-6,8,11,13,15H,7,9-10H2,1-4H3. The van der Waals surface area contributed by atoms with Crippen LogP contribution in [-0.2, 0) is 6.54 Å². The maximum atomic E-state index is 4.24. The molecule has 0 spiro atoms. The molecule has 4 nitrogen and oxygen atoms in total. The predicted molar refractivity (Wildman–Crippen MR) is 70.7 cm³/mol. The lowest BCUT2D eigenvalue weighted by Gasteiger charge is -2.26. The molecule has 0 radical (unpaired) electrons. The molecule has 0 amide bonds. The van der Waals surface area contributed by atoms with Gasteiger partial charge in [-0.2, -0.15) is 0 Å². The quantitative estimate of drug-likeness (QED) is 0.780. The van der Waals surface area contributed by atoms with E-state index in [9.17, 15) is 0 Å². The number of hydrogen-bond donors (Lipinski definition) is 1. The lowest BCUT2D eigenvalue weighted by atomic mass is 10.0. The van der Waals surface area contributed by atoms with Crippen molar-refractivity contribution < 1.29 is 0 Å². The predicted octanol–water partition coefficient (Wildman–Crippen LogP) is 1.54. The molecule has 0 aliphatic heterocycles. The summed E-state index contributed by atoms with van der Waals surface area (Å²) in [6.07, 6.45) is 6.44. The van der Waals surface area contributed by atoms with Gasteiger partial charge in [0.1, 0.15) is 0 Å². The maximum Gasteiger partial charge on any atom is 0.0724 e. The molecule has 0 aliphatic carbocycles. The molecule has 1 heterocycles. The minimum atomic E-state index is 0.576.